The third-order valence-electron chi connectivity index (χ3n) is 14.9. The summed E-state index contributed by atoms with van der Waals surface area (Å²) in [4.78, 5) is 52.4. The Morgan fingerprint density at radius 1 is 0.663 bits per heavy atom. The Hall–Kier alpha value is -9.76. The molecule has 422 valence electrons. The van der Waals surface area contributed by atoms with E-state index in [4.69, 9.17) is 39.1 Å². The zero-order valence-electron chi connectivity index (χ0n) is 46.6. The number of carbonyl (C=O) groups excluding carboxylic acids is 3. The first-order valence-corrected chi connectivity index (χ1v) is 27.3. The number of aromatic nitrogens is 5. The van der Waals surface area contributed by atoms with Crippen molar-refractivity contribution in [1.82, 2.24) is 34.7 Å². The van der Waals surface area contributed by atoms with Crippen LogP contribution in [0.1, 0.15) is 77.1 Å². The maximum absolute atomic E-state index is 13.1. The van der Waals surface area contributed by atoms with Gasteiger partial charge in [0.25, 0.3) is 0 Å². The Bertz CT molecular complexity index is 3630. The van der Waals surface area contributed by atoms with Crippen LogP contribution in [0.3, 0.4) is 0 Å². The predicted molar refractivity (Wildman–Crippen MR) is 314 cm³/mol. The van der Waals surface area contributed by atoms with Gasteiger partial charge in [0, 0.05) is 51.5 Å². The smallest absolute Gasteiger partial charge is 0.302 e. The van der Waals surface area contributed by atoms with E-state index < -0.39 is 35.5 Å². The minimum atomic E-state index is -1.16. The summed E-state index contributed by atoms with van der Waals surface area (Å²) in [6.07, 6.45) is 5.49. The van der Waals surface area contributed by atoms with Gasteiger partial charge in [-0.1, -0.05) is 139 Å². The Morgan fingerprint density at radius 3 is 1.73 bits per heavy atom. The molecule has 0 unspecified atom stereocenters. The molecule has 17 heteroatoms. The molecule has 83 heavy (non-hydrogen) atoms. The third-order valence-corrected chi connectivity index (χ3v) is 14.9. The minimum absolute atomic E-state index is 0.00369. The van der Waals surface area contributed by atoms with Crippen molar-refractivity contribution in [2.24, 2.45) is 0 Å². The molecule has 0 radical (unpaired) electrons. The molecule has 4 N–H and O–H groups in total. The number of nitrogens with zero attached hydrogens (tertiary/aromatic N) is 5. The summed E-state index contributed by atoms with van der Waals surface area (Å²) < 4.78 is 40.4. The number of anilines is 1. The Morgan fingerprint density at radius 2 is 1.18 bits per heavy atom. The van der Waals surface area contributed by atoms with Crippen LogP contribution in [0.2, 0.25) is 0 Å². The van der Waals surface area contributed by atoms with E-state index in [0.717, 1.165) is 44.8 Å². The molecule has 2 amide bonds. The van der Waals surface area contributed by atoms with Gasteiger partial charge in [-0.15, -0.1) is 0 Å². The summed E-state index contributed by atoms with van der Waals surface area (Å²) in [5.41, 5.74) is 11.9. The topological polar surface area (TPSA) is 205 Å². The van der Waals surface area contributed by atoms with Crippen molar-refractivity contribution in [2.45, 2.75) is 62.2 Å². The highest BCUT2D eigenvalue weighted by atomic mass is 16.6. The normalized spacial score (nSPS) is 15.0. The summed E-state index contributed by atoms with van der Waals surface area (Å²) >= 11 is 0. The fourth-order valence-corrected chi connectivity index (χ4v) is 10.9. The molecule has 1 fully saturated rings. The van der Waals surface area contributed by atoms with Gasteiger partial charge in [-0.05, 0) is 69.8 Å². The second-order valence-electron chi connectivity index (χ2n) is 19.9. The fraction of sp³-hybridized carbons (Fsp3) is 0.242. The van der Waals surface area contributed by atoms with E-state index in [9.17, 15) is 14.4 Å². The van der Waals surface area contributed by atoms with E-state index in [0.29, 0.717) is 41.1 Å². The number of amides is 2. The molecule has 17 nitrogen and oxygen atoms in total. The quantitative estimate of drug-likeness (QED) is 0.0330. The monoisotopic (exact) mass is 1110 g/mol. The fourth-order valence-electron chi connectivity index (χ4n) is 10.9. The first kappa shape index (κ1) is 56.5. The average molecular weight is 1110 g/mol. The van der Waals surface area contributed by atoms with Crippen LogP contribution in [0.25, 0.3) is 11.0 Å². The summed E-state index contributed by atoms with van der Waals surface area (Å²) in [7, 11) is 4.89. The molecule has 4 heterocycles. The number of rotatable bonds is 22. The Kier molecular flexibility index (Phi) is 17.6. The molecule has 0 aliphatic carbocycles. The highest BCUT2D eigenvalue weighted by molar-refractivity contribution is 5.92. The molecule has 0 spiro atoms. The molecule has 3 atom stereocenters. The number of imidazole rings is 1. The summed E-state index contributed by atoms with van der Waals surface area (Å²) in [6, 6.07) is 53.9. The largest absolute Gasteiger partial charge is 0.497 e. The average Bonchev–Trinajstić information content (AvgIpc) is 3.73. The van der Waals surface area contributed by atoms with Gasteiger partial charge in [0.1, 0.15) is 64.6 Å². The molecule has 9 aromatic rings. The van der Waals surface area contributed by atoms with Gasteiger partial charge in [0.15, 0.2) is 0 Å². The molecule has 10 rings (SSSR count). The number of fused-ring (bicyclic) bond motifs is 1. The second kappa shape index (κ2) is 25.8. The second-order valence-corrected chi connectivity index (χ2v) is 19.9. The van der Waals surface area contributed by atoms with Crippen molar-refractivity contribution in [1.29, 1.82) is 0 Å². The minimum Gasteiger partial charge on any atom is -0.497 e. The number of nitrogen functional groups attached to an aromatic ring is 1. The number of nitrogens with two attached hydrogens (primary N) is 1. The van der Waals surface area contributed by atoms with Crippen LogP contribution in [0.5, 0.6) is 17.2 Å². The van der Waals surface area contributed by atoms with E-state index in [1.54, 1.807) is 32.1 Å². The summed E-state index contributed by atoms with van der Waals surface area (Å²) in [5, 5.41) is 6.24. The maximum atomic E-state index is 13.1. The summed E-state index contributed by atoms with van der Waals surface area (Å²) in [6.45, 7) is 1.68. The van der Waals surface area contributed by atoms with Crippen molar-refractivity contribution in [3.05, 3.63) is 233 Å². The molecule has 3 aromatic heterocycles. The van der Waals surface area contributed by atoms with Crippen molar-refractivity contribution in [2.75, 3.05) is 46.8 Å². The van der Waals surface area contributed by atoms with Gasteiger partial charge in [0.2, 0.25) is 11.8 Å². The zero-order chi connectivity index (χ0) is 57.8. The van der Waals surface area contributed by atoms with Crippen LogP contribution in [-0.2, 0) is 46.2 Å². The van der Waals surface area contributed by atoms with Gasteiger partial charge < -0.3 is 53.9 Å². The first-order valence-electron chi connectivity index (χ1n) is 27.3. The predicted octanol–water partition coefficient (Wildman–Crippen LogP) is 8.91. The molecule has 1 aliphatic heterocycles. The van der Waals surface area contributed by atoms with Crippen molar-refractivity contribution in [3.8, 4) is 29.1 Å². The van der Waals surface area contributed by atoms with E-state index in [2.05, 4.69) is 73.4 Å². The summed E-state index contributed by atoms with van der Waals surface area (Å²) in [5.74, 6) is 7.39. The van der Waals surface area contributed by atoms with Gasteiger partial charge >= 0.3 is 5.97 Å². The number of nitrogens with one attached hydrogen (secondary N) is 2. The van der Waals surface area contributed by atoms with E-state index in [1.807, 2.05) is 140 Å². The lowest BCUT2D eigenvalue weighted by Crippen LogP contribution is -2.39. The van der Waals surface area contributed by atoms with Crippen molar-refractivity contribution in [3.63, 3.8) is 0 Å². The number of benzene rings is 6. The van der Waals surface area contributed by atoms with Crippen LogP contribution in [0.4, 0.5) is 5.82 Å². The lowest BCUT2D eigenvalue weighted by molar-refractivity contribution is -0.153. The standard InChI is InChI=1S/C66H64N8O9/c1-45(75)82-57-39-61(83-58(57)42-81-66(50-20-12-7-13-21-50,51-24-30-55(79-3)31-25-51)52-26-32-56(80-4)33-27-52)74-40-46(62-63(67)70-43-71-64(62)74)15-14-37-68-59(76)34-35-60(77)69-38-36-53-41-73(44-72-53)65(47-16-8-5-9-17-47,48-18-10-6-11-19-48)49-22-28-54(78-2)29-23-49/h5-13,16-33,40-41,43-44,57-58,61H,34-39,42H2,1-4H3,(H,68,76)(H,69,77)(H2,67,70,71)/t57-,58+,61+/m0/s1. The SMILES string of the molecule is COc1ccc(C(OC[C@H]2O[C@@H](n3cc(C#CCNC(=O)CCC(=O)NCCc4cn(C(c5ccccc5)(c5ccccc5)c5ccc(OC)cc5)cn4)c4c(N)ncnc43)C[C@@H]2OC(C)=O)(c2ccccc2)c2ccc(OC)cc2)cc1. The third kappa shape index (κ3) is 12.2. The molecule has 0 bridgehead atoms. The van der Waals surface area contributed by atoms with Gasteiger partial charge in [0.05, 0.1) is 57.5 Å². The molecule has 0 saturated carbocycles. The van der Waals surface area contributed by atoms with E-state index in [-0.39, 0.29) is 50.0 Å². The number of methoxy groups -OCH3 is 3. The first-order chi connectivity index (χ1) is 40.5. The van der Waals surface area contributed by atoms with Crippen LogP contribution in [0.15, 0.2) is 189 Å². The van der Waals surface area contributed by atoms with Crippen LogP contribution >= 0.6 is 0 Å². The highest BCUT2D eigenvalue weighted by Crippen LogP contribution is 2.45. The molecule has 1 aliphatic rings. The van der Waals surface area contributed by atoms with Crippen molar-refractivity contribution < 1.29 is 42.8 Å². The lowest BCUT2D eigenvalue weighted by Gasteiger charge is -2.37. The van der Waals surface area contributed by atoms with Gasteiger partial charge in [-0.25, -0.2) is 15.0 Å². The van der Waals surface area contributed by atoms with Gasteiger partial charge in [-0.3, -0.25) is 14.4 Å². The number of esters is 1. The highest BCUT2D eigenvalue weighted by Gasteiger charge is 2.44. The number of ether oxygens (including phenoxy) is 6. The molecular formula is C66H64N8O9. The zero-order valence-corrected chi connectivity index (χ0v) is 46.6. The number of hydrogen-bond acceptors (Lipinski definition) is 13. The molecular weight excluding hydrogens is 1050 g/mol. The van der Waals surface area contributed by atoms with Crippen molar-refractivity contribution >= 4 is 34.6 Å². The van der Waals surface area contributed by atoms with E-state index >= 15 is 0 Å². The Balaban J connectivity index is 0.786. The maximum Gasteiger partial charge on any atom is 0.302 e. The van der Waals surface area contributed by atoms with E-state index in [1.165, 1.54) is 13.3 Å². The number of hydrogen-bond donors (Lipinski definition) is 3. The van der Waals surface area contributed by atoms with Crippen LogP contribution < -0.4 is 30.6 Å². The van der Waals surface area contributed by atoms with Crippen LogP contribution in [-0.4, -0.2) is 95.1 Å². The number of carbonyl (C=O) groups is 3. The Labute approximate surface area is 481 Å². The van der Waals surface area contributed by atoms with Crippen LogP contribution in [0, 0.1) is 11.8 Å². The molecule has 1 saturated heterocycles. The lowest BCUT2D eigenvalue weighted by atomic mass is 9.76. The van der Waals surface area contributed by atoms with Gasteiger partial charge in [-0.2, -0.15) is 0 Å². The molecule has 6 aromatic carbocycles.